The number of amides is 1. The summed E-state index contributed by atoms with van der Waals surface area (Å²) in [7, 11) is -2.50. The summed E-state index contributed by atoms with van der Waals surface area (Å²) in [5, 5.41) is 2.89. The van der Waals surface area contributed by atoms with E-state index in [0.29, 0.717) is 18.0 Å². The predicted molar refractivity (Wildman–Crippen MR) is 133 cm³/mol. The molecule has 0 aliphatic carbocycles. The molecule has 0 bridgehead atoms. The molecule has 34 heavy (non-hydrogen) atoms. The molecule has 0 radical (unpaired) electrons. The van der Waals surface area contributed by atoms with Crippen LogP contribution in [0.2, 0.25) is 0 Å². The molecule has 1 amide bonds. The number of aryl methyl sites for hydroxylation is 1. The van der Waals surface area contributed by atoms with Crippen molar-refractivity contribution >= 4 is 21.6 Å². The fourth-order valence-corrected chi connectivity index (χ4v) is 4.85. The lowest BCUT2D eigenvalue weighted by Gasteiger charge is -2.25. The molecule has 7 nitrogen and oxygen atoms in total. The number of carbonyl (C=O) groups excluding carboxylic acids is 1. The molecule has 3 rings (SSSR count). The highest BCUT2D eigenvalue weighted by molar-refractivity contribution is 7.92. The number of anilines is 1. The van der Waals surface area contributed by atoms with Crippen LogP contribution in [-0.2, 0) is 14.8 Å². The Hall–Kier alpha value is -3.52. The van der Waals surface area contributed by atoms with Crippen molar-refractivity contribution in [1.82, 2.24) is 5.32 Å². The predicted octanol–water partition coefficient (Wildman–Crippen LogP) is 4.48. The van der Waals surface area contributed by atoms with Gasteiger partial charge in [0.15, 0.2) is 0 Å². The van der Waals surface area contributed by atoms with Crippen molar-refractivity contribution in [2.24, 2.45) is 0 Å². The first-order valence-corrected chi connectivity index (χ1v) is 12.4. The summed E-state index contributed by atoms with van der Waals surface area (Å²) in [4.78, 5) is 13.1. The number of rotatable bonds is 10. The molecule has 3 aromatic rings. The van der Waals surface area contributed by atoms with E-state index in [-0.39, 0.29) is 17.5 Å². The largest absolute Gasteiger partial charge is 0.497 e. The first-order valence-electron chi connectivity index (χ1n) is 11.0. The zero-order valence-electron chi connectivity index (χ0n) is 19.8. The molecule has 0 unspecified atom stereocenters. The number of benzene rings is 3. The van der Waals surface area contributed by atoms with Gasteiger partial charge in [-0.15, -0.1) is 0 Å². The van der Waals surface area contributed by atoms with Crippen molar-refractivity contribution < 1.29 is 22.7 Å². The van der Waals surface area contributed by atoms with Crippen LogP contribution in [0.25, 0.3) is 0 Å². The quantitative estimate of drug-likeness (QED) is 0.461. The Kier molecular flexibility index (Phi) is 8.17. The first kappa shape index (κ1) is 25.1. The maximum absolute atomic E-state index is 13.5. The van der Waals surface area contributed by atoms with Crippen molar-refractivity contribution in [3.8, 4) is 11.5 Å². The summed E-state index contributed by atoms with van der Waals surface area (Å²) in [6, 6.07) is 20.3. The van der Waals surface area contributed by atoms with Crippen molar-refractivity contribution in [3.05, 3.63) is 83.9 Å². The van der Waals surface area contributed by atoms with Crippen LogP contribution in [0.3, 0.4) is 0 Å². The Morgan fingerprint density at radius 2 is 1.68 bits per heavy atom. The highest BCUT2D eigenvalue weighted by Gasteiger charge is 2.28. The maximum Gasteiger partial charge on any atom is 0.264 e. The van der Waals surface area contributed by atoms with Gasteiger partial charge in [-0.05, 0) is 62.7 Å². The number of sulfonamides is 1. The number of ether oxygens (including phenoxy) is 2. The van der Waals surface area contributed by atoms with Crippen LogP contribution in [0.5, 0.6) is 11.5 Å². The van der Waals surface area contributed by atoms with Crippen molar-refractivity contribution in [2.75, 3.05) is 24.6 Å². The van der Waals surface area contributed by atoms with E-state index in [9.17, 15) is 13.2 Å². The molecule has 0 saturated heterocycles. The van der Waals surface area contributed by atoms with E-state index < -0.39 is 15.9 Å². The van der Waals surface area contributed by atoms with Crippen LogP contribution in [-0.4, -0.2) is 34.6 Å². The second-order valence-corrected chi connectivity index (χ2v) is 9.68. The van der Waals surface area contributed by atoms with Crippen molar-refractivity contribution in [2.45, 2.75) is 31.7 Å². The van der Waals surface area contributed by atoms with E-state index in [0.717, 1.165) is 21.2 Å². The summed E-state index contributed by atoms with van der Waals surface area (Å²) >= 11 is 0. The third-order valence-electron chi connectivity index (χ3n) is 5.31. The van der Waals surface area contributed by atoms with Gasteiger partial charge in [-0.25, -0.2) is 8.42 Å². The summed E-state index contributed by atoms with van der Waals surface area (Å²) in [5.74, 6) is 0.808. The molecule has 0 aromatic heterocycles. The Morgan fingerprint density at radius 1 is 1.00 bits per heavy atom. The lowest BCUT2D eigenvalue weighted by atomic mass is 10.1. The summed E-state index contributed by atoms with van der Waals surface area (Å²) in [5.41, 5.74) is 2.16. The molecule has 1 atom stereocenters. The van der Waals surface area contributed by atoms with E-state index in [1.54, 1.807) is 36.4 Å². The molecule has 0 saturated carbocycles. The summed E-state index contributed by atoms with van der Waals surface area (Å²) in [6.07, 6.45) is 0. The SMILES string of the molecule is CCOc1ccc([C@H](C)NC(=O)CN(c2cccc(OC)c2)S(=O)(=O)c2ccc(C)cc2)cc1. The standard InChI is InChI=1S/C26H30N2O5S/c1-5-33-23-13-11-21(12-14-23)20(3)27-26(29)18-28(22-7-6-8-24(17-22)32-4)34(30,31)25-15-9-19(2)10-16-25/h6-17,20H,5,18H2,1-4H3,(H,27,29)/t20-/m0/s1. The minimum absolute atomic E-state index is 0.105. The first-order chi connectivity index (χ1) is 16.2. The van der Waals surface area contributed by atoms with Crippen molar-refractivity contribution in [3.63, 3.8) is 0 Å². The van der Waals surface area contributed by atoms with E-state index in [1.165, 1.54) is 19.2 Å². The van der Waals surface area contributed by atoms with Gasteiger partial charge in [-0.3, -0.25) is 9.10 Å². The van der Waals surface area contributed by atoms with Crippen molar-refractivity contribution in [1.29, 1.82) is 0 Å². The average molecular weight is 483 g/mol. The smallest absolute Gasteiger partial charge is 0.264 e. The van der Waals surface area contributed by atoms with Gasteiger partial charge >= 0.3 is 0 Å². The van der Waals surface area contributed by atoms with Crippen LogP contribution in [0.4, 0.5) is 5.69 Å². The molecule has 0 fully saturated rings. The molecule has 0 heterocycles. The van der Waals surface area contributed by atoms with Crippen LogP contribution < -0.4 is 19.1 Å². The third kappa shape index (κ3) is 6.08. The van der Waals surface area contributed by atoms with Gasteiger partial charge < -0.3 is 14.8 Å². The normalized spacial score (nSPS) is 12.0. The number of carbonyl (C=O) groups is 1. The lowest BCUT2D eigenvalue weighted by Crippen LogP contribution is -2.41. The van der Waals surface area contributed by atoms with Gasteiger partial charge in [0.2, 0.25) is 5.91 Å². The molecular weight excluding hydrogens is 452 g/mol. The number of hydrogen-bond acceptors (Lipinski definition) is 5. The van der Waals surface area contributed by atoms with E-state index >= 15 is 0 Å². The molecule has 1 N–H and O–H groups in total. The second-order valence-electron chi connectivity index (χ2n) is 7.82. The summed E-state index contributed by atoms with van der Waals surface area (Å²) < 4.78 is 38.9. The zero-order chi connectivity index (χ0) is 24.7. The Balaban J connectivity index is 1.86. The summed E-state index contributed by atoms with van der Waals surface area (Å²) in [6.45, 7) is 5.82. The molecule has 8 heteroatoms. The highest BCUT2D eigenvalue weighted by atomic mass is 32.2. The van der Waals surface area contributed by atoms with Gasteiger partial charge in [0.05, 0.1) is 30.3 Å². The van der Waals surface area contributed by atoms with Crippen LogP contribution in [0, 0.1) is 6.92 Å². The molecule has 3 aromatic carbocycles. The van der Waals surface area contributed by atoms with Gasteiger partial charge in [0.1, 0.15) is 18.0 Å². The lowest BCUT2D eigenvalue weighted by molar-refractivity contribution is -0.120. The molecule has 180 valence electrons. The Bertz CT molecular complexity index is 1210. The highest BCUT2D eigenvalue weighted by Crippen LogP contribution is 2.27. The van der Waals surface area contributed by atoms with Gasteiger partial charge in [0.25, 0.3) is 10.0 Å². The monoisotopic (exact) mass is 482 g/mol. The van der Waals surface area contributed by atoms with Crippen LogP contribution in [0.15, 0.2) is 77.7 Å². The average Bonchev–Trinajstić information content (AvgIpc) is 2.83. The number of nitrogens with zero attached hydrogens (tertiary/aromatic N) is 1. The Morgan fingerprint density at radius 3 is 2.29 bits per heavy atom. The Labute approximate surface area is 201 Å². The van der Waals surface area contributed by atoms with Gasteiger partial charge in [0, 0.05) is 6.07 Å². The van der Waals surface area contributed by atoms with E-state index in [1.807, 2.05) is 45.0 Å². The van der Waals surface area contributed by atoms with E-state index in [2.05, 4.69) is 5.32 Å². The minimum Gasteiger partial charge on any atom is -0.497 e. The second kappa shape index (κ2) is 11.1. The van der Waals surface area contributed by atoms with E-state index in [4.69, 9.17) is 9.47 Å². The zero-order valence-corrected chi connectivity index (χ0v) is 20.6. The number of hydrogen-bond donors (Lipinski definition) is 1. The molecular formula is C26H30N2O5S. The van der Waals surface area contributed by atoms with Gasteiger partial charge in [-0.2, -0.15) is 0 Å². The van der Waals surface area contributed by atoms with Gasteiger partial charge in [-0.1, -0.05) is 35.9 Å². The maximum atomic E-state index is 13.5. The number of methoxy groups -OCH3 is 1. The fourth-order valence-electron chi connectivity index (χ4n) is 3.44. The molecule has 0 aliphatic rings. The minimum atomic E-state index is -4.00. The number of nitrogens with one attached hydrogen (secondary N) is 1. The van der Waals surface area contributed by atoms with Crippen LogP contribution in [0.1, 0.15) is 31.0 Å². The molecule has 0 spiro atoms. The third-order valence-corrected chi connectivity index (χ3v) is 7.09. The molecule has 0 aliphatic heterocycles. The van der Waals surface area contributed by atoms with Crippen LogP contribution >= 0.6 is 0 Å². The topological polar surface area (TPSA) is 84.9 Å². The fraction of sp³-hybridized carbons (Fsp3) is 0.269.